The minimum absolute atomic E-state index is 0.181. The molecule has 0 unspecified atom stereocenters. The Labute approximate surface area is 246 Å². The highest BCUT2D eigenvalue weighted by atomic mass is 19.4. The summed E-state index contributed by atoms with van der Waals surface area (Å²) in [6, 6.07) is 8.26. The van der Waals surface area contributed by atoms with Crippen LogP contribution in [-0.4, -0.2) is 98.3 Å². The third kappa shape index (κ3) is 12.1. The van der Waals surface area contributed by atoms with Crippen molar-refractivity contribution in [2.75, 3.05) is 18.6 Å². The second kappa shape index (κ2) is 15.9. The number of pyridine rings is 2. The predicted molar refractivity (Wildman–Crippen MR) is 131 cm³/mol. The second-order valence-corrected chi connectivity index (χ2v) is 8.65. The number of aromatic nitrogens is 2. The van der Waals surface area contributed by atoms with E-state index in [9.17, 15) is 44.3 Å². The number of carboxylic acid groups (broad SMARTS) is 3. The Morgan fingerprint density at radius 1 is 0.867 bits per heavy atom. The summed E-state index contributed by atoms with van der Waals surface area (Å²) in [6.45, 7) is 1.73. The first-order valence-corrected chi connectivity index (χ1v) is 12.0. The zero-order valence-corrected chi connectivity index (χ0v) is 22.6. The van der Waals surface area contributed by atoms with E-state index < -0.39 is 36.4 Å². The molecule has 3 N–H and O–H groups in total. The first-order valence-electron chi connectivity index (χ1n) is 12.0. The smallest absolute Gasteiger partial charge is 0.481 e. The normalized spacial score (nSPS) is 17.8. The van der Waals surface area contributed by atoms with E-state index in [2.05, 4.69) is 14.9 Å². The fourth-order valence-corrected chi connectivity index (χ4v) is 3.90. The van der Waals surface area contributed by atoms with Gasteiger partial charge in [0, 0.05) is 43.5 Å². The fraction of sp³-hybridized carbons (Fsp3) is 0.417. The van der Waals surface area contributed by atoms with Gasteiger partial charge in [-0.2, -0.15) is 39.5 Å². The molecule has 45 heavy (non-hydrogen) atoms. The molecule has 21 heteroatoms. The Bertz CT molecular complexity index is 1250. The lowest BCUT2D eigenvalue weighted by molar-refractivity contribution is -0.193. The Hall–Kier alpha value is -4.69. The number of hydrogen-bond donors (Lipinski definition) is 3. The quantitative estimate of drug-likeness (QED) is 0.406. The van der Waals surface area contributed by atoms with Crippen molar-refractivity contribution in [3.8, 4) is 5.88 Å². The van der Waals surface area contributed by atoms with Crippen molar-refractivity contribution in [2.24, 2.45) is 0 Å². The van der Waals surface area contributed by atoms with Gasteiger partial charge in [0.25, 0.3) is 0 Å². The maximum Gasteiger partial charge on any atom is 0.490 e. The van der Waals surface area contributed by atoms with E-state index in [1.807, 2.05) is 29.2 Å². The number of methoxy groups -OCH3 is 1. The fourth-order valence-electron chi connectivity index (χ4n) is 3.90. The average molecular weight is 666 g/mol. The molecule has 0 radical (unpaired) electrons. The van der Waals surface area contributed by atoms with Crippen molar-refractivity contribution in [1.29, 1.82) is 0 Å². The van der Waals surface area contributed by atoms with Gasteiger partial charge >= 0.3 is 36.4 Å². The number of fused-ring (bicyclic) bond motifs is 1. The monoisotopic (exact) mass is 666 g/mol. The standard InChI is InChI=1S/C18H20N4O2.3C2HF3O2/c1-24-18-13(4-2-8-20-18)12-21-9-6-15-16(21)10-17(23)22(15)14-5-3-7-19-11-14;3*3-2(4,5)1(6)7/h2-5,7-8,11,15-16H,6,9-10,12H2,1H3;3*(H,6,7)/t15-,16+;;;/m1.../s1. The van der Waals surface area contributed by atoms with E-state index >= 15 is 0 Å². The van der Waals surface area contributed by atoms with Gasteiger partial charge in [-0.1, -0.05) is 6.07 Å². The van der Waals surface area contributed by atoms with Gasteiger partial charge in [0.1, 0.15) is 0 Å². The molecule has 12 nitrogen and oxygen atoms in total. The molecular weight excluding hydrogens is 643 g/mol. The molecule has 2 aromatic heterocycles. The highest BCUT2D eigenvalue weighted by Gasteiger charge is 2.47. The number of carbonyl (C=O) groups excluding carboxylic acids is 1. The number of ether oxygens (including phenoxy) is 1. The lowest BCUT2D eigenvalue weighted by atomic mass is 10.1. The molecule has 0 aliphatic carbocycles. The summed E-state index contributed by atoms with van der Waals surface area (Å²) >= 11 is 0. The molecule has 2 aromatic rings. The number of alkyl halides is 9. The van der Waals surface area contributed by atoms with Crippen LogP contribution in [-0.2, 0) is 25.7 Å². The highest BCUT2D eigenvalue weighted by molar-refractivity contribution is 5.97. The van der Waals surface area contributed by atoms with Gasteiger partial charge in [0.2, 0.25) is 11.8 Å². The minimum atomic E-state index is -5.08. The van der Waals surface area contributed by atoms with E-state index in [1.165, 1.54) is 0 Å². The van der Waals surface area contributed by atoms with Crippen LogP contribution in [0.1, 0.15) is 18.4 Å². The Morgan fingerprint density at radius 2 is 1.36 bits per heavy atom. The molecule has 250 valence electrons. The van der Waals surface area contributed by atoms with Gasteiger partial charge in [-0.25, -0.2) is 19.4 Å². The molecular formula is C24H23F9N4O8. The molecule has 0 aromatic carbocycles. The molecule has 0 spiro atoms. The van der Waals surface area contributed by atoms with E-state index in [0.29, 0.717) is 12.3 Å². The Balaban J connectivity index is 0.000000396. The summed E-state index contributed by atoms with van der Waals surface area (Å²) in [6.07, 6.45) is -8.47. The van der Waals surface area contributed by atoms with Crippen LogP contribution in [0.25, 0.3) is 0 Å². The molecule has 4 heterocycles. The first-order chi connectivity index (χ1) is 20.6. The number of nitrogens with zero attached hydrogens (tertiary/aromatic N) is 4. The van der Waals surface area contributed by atoms with E-state index in [4.69, 9.17) is 34.4 Å². The van der Waals surface area contributed by atoms with Crippen LogP contribution in [0, 0.1) is 0 Å². The van der Waals surface area contributed by atoms with Crippen molar-refractivity contribution in [3.63, 3.8) is 0 Å². The summed E-state index contributed by atoms with van der Waals surface area (Å²) in [5.41, 5.74) is 1.96. The molecule has 2 saturated heterocycles. The number of likely N-dealkylation sites (tertiary alicyclic amines) is 1. The van der Waals surface area contributed by atoms with Gasteiger partial charge < -0.3 is 25.0 Å². The molecule has 0 saturated carbocycles. The van der Waals surface area contributed by atoms with Crippen LogP contribution < -0.4 is 9.64 Å². The van der Waals surface area contributed by atoms with Crippen LogP contribution in [0.5, 0.6) is 5.88 Å². The van der Waals surface area contributed by atoms with Crippen molar-refractivity contribution >= 4 is 29.5 Å². The molecule has 1 amide bonds. The molecule has 4 rings (SSSR count). The van der Waals surface area contributed by atoms with E-state index in [-0.39, 0.29) is 18.0 Å². The van der Waals surface area contributed by atoms with E-state index in [1.54, 1.807) is 25.7 Å². The zero-order valence-electron chi connectivity index (χ0n) is 22.6. The molecule has 2 aliphatic rings. The lowest BCUT2D eigenvalue weighted by Gasteiger charge is -2.25. The Kier molecular flexibility index (Phi) is 13.5. The zero-order chi connectivity index (χ0) is 34.8. The second-order valence-electron chi connectivity index (χ2n) is 8.65. The minimum Gasteiger partial charge on any atom is -0.481 e. The van der Waals surface area contributed by atoms with Crippen molar-refractivity contribution < 1.29 is 78.7 Å². The summed E-state index contributed by atoms with van der Waals surface area (Å²) in [4.78, 5) is 52.0. The van der Waals surface area contributed by atoms with Crippen LogP contribution in [0.2, 0.25) is 0 Å². The van der Waals surface area contributed by atoms with E-state index in [0.717, 1.165) is 30.8 Å². The summed E-state index contributed by atoms with van der Waals surface area (Å²) < 4.78 is 101. The number of anilines is 1. The van der Waals surface area contributed by atoms with Crippen molar-refractivity contribution in [2.45, 2.75) is 50.0 Å². The van der Waals surface area contributed by atoms with Gasteiger partial charge in [0.15, 0.2) is 0 Å². The number of aliphatic carboxylic acids is 3. The summed E-state index contributed by atoms with van der Waals surface area (Å²) in [7, 11) is 1.64. The maximum absolute atomic E-state index is 12.5. The van der Waals surface area contributed by atoms with Gasteiger partial charge in [-0.15, -0.1) is 0 Å². The summed E-state index contributed by atoms with van der Waals surface area (Å²) in [5.74, 6) is -7.43. The maximum atomic E-state index is 12.5. The number of hydrogen-bond acceptors (Lipinski definition) is 8. The largest absolute Gasteiger partial charge is 0.490 e. The van der Waals surface area contributed by atoms with Crippen molar-refractivity contribution in [3.05, 3.63) is 48.4 Å². The molecule has 0 bridgehead atoms. The molecule has 2 aliphatic heterocycles. The van der Waals surface area contributed by atoms with Crippen molar-refractivity contribution in [1.82, 2.24) is 14.9 Å². The van der Waals surface area contributed by atoms with Gasteiger partial charge in [-0.3, -0.25) is 14.7 Å². The number of carboxylic acids is 3. The third-order valence-electron chi connectivity index (χ3n) is 5.68. The average Bonchev–Trinajstić information content (AvgIpc) is 3.46. The van der Waals surface area contributed by atoms with Crippen LogP contribution in [0.4, 0.5) is 45.2 Å². The number of carbonyl (C=O) groups is 4. The third-order valence-corrected chi connectivity index (χ3v) is 5.68. The summed E-state index contributed by atoms with van der Waals surface area (Å²) in [5, 5.41) is 21.4. The van der Waals surface area contributed by atoms with Gasteiger partial charge in [-0.05, 0) is 24.6 Å². The van der Waals surface area contributed by atoms with Crippen LogP contribution in [0.3, 0.4) is 0 Å². The highest BCUT2D eigenvalue weighted by Crippen LogP contribution is 2.37. The predicted octanol–water partition coefficient (Wildman–Crippen LogP) is 3.76. The topological polar surface area (TPSA) is 170 Å². The SMILES string of the molecule is COc1ncccc1CN1CC[C@@H]2[C@@H]1CC(=O)N2c1cccnc1.O=C(O)C(F)(F)F.O=C(O)C(F)(F)F.O=C(O)C(F)(F)F. The number of amides is 1. The Morgan fingerprint density at radius 3 is 1.78 bits per heavy atom. The molecule has 2 fully saturated rings. The number of rotatable bonds is 4. The number of halogens is 9. The van der Waals surface area contributed by atoms with Gasteiger partial charge in [0.05, 0.1) is 25.0 Å². The van der Waals surface area contributed by atoms with Crippen LogP contribution in [0.15, 0.2) is 42.9 Å². The van der Waals surface area contributed by atoms with Crippen LogP contribution >= 0.6 is 0 Å². The first kappa shape index (κ1) is 38.3. The molecule has 2 atom stereocenters. The lowest BCUT2D eigenvalue weighted by Crippen LogP contribution is -2.37.